The van der Waals surface area contributed by atoms with Crippen LogP contribution >= 0.6 is 12.4 Å². The lowest BCUT2D eigenvalue weighted by Crippen LogP contribution is -2.36. The largest absolute Gasteiger partial charge is 0.492 e. The zero-order valence-corrected chi connectivity index (χ0v) is 25.2. The lowest BCUT2D eigenvalue weighted by Gasteiger charge is -2.20. The Hall–Kier alpha value is -3.69. The molecule has 2 N–H and O–H groups in total. The summed E-state index contributed by atoms with van der Waals surface area (Å²) in [6, 6.07) is 18.2. The molecule has 5 rings (SSSR count). The van der Waals surface area contributed by atoms with E-state index in [1.165, 1.54) is 6.07 Å². The minimum absolute atomic E-state index is 0. The molecule has 0 aromatic heterocycles. The number of aliphatic carboxylic acids is 1. The van der Waals surface area contributed by atoms with Gasteiger partial charge >= 0.3 is 5.97 Å². The van der Waals surface area contributed by atoms with Crippen LogP contribution in [0.1, 0.15) is 42.3 Å². The standard InChI is InChI=1S/C33H36F2N2O5.ClH/c1-33(2,3)21-6-11-24(12-7-21)42-29(32(39)40)16-20-4-9-23(10-5-20)41-15-14-36-30-26-18-37(19-27(26)30)31(38)25-13-8-22(34)17-28(25)35;/h4-13,17,26-27,29-30,36H,14-16,18-19H2,1-3H3,(H,39,40);1H/t26-,27?,29-,30?;/m0./s1. The van der Waals surface area contributed by atoms with E-state index in [4.69, 9.17) is 9.47 Å². The van der Waals surface area contributed by atoms with Crippen LogP contribution in [-0.2, 0) is 16.6 Å². The molecule has 43 heavy (non-hydrogen) atoms. The van der Waals surface area contributed by atoms with Crippen molar-refractivity contribution in [2.24, 2.45) is 11.8 Å². The predicted molar refractivity (Wildman–Crippen MR) is 161 cm³/mol. The first-order chi connectivity index (χ1) is 20.0. The van der Waals surface area contributed by atoms with Gasteiger partial charge in [-0.15, -0.1) is 12.4 Å². The van der Waals surface area contributed by atoms with Crippen LogP contribution < -0.4 is 14.8 Å². The fourth-order valence-corrected chi connectivity index (χ4v) is 5.54. The molecule has 230 valence electrons. The molecular formula is C33H37ClF2N2O5. The number of amides is 1. The number of hydrogen-bond acceptors (Lipinski definition) is 5. The van der Waals surface area contributed by atoms with E-state index < -0.39 is 29.6 Å². The summed E-state index contributed by atoms with van der Waals surface area (Å²) in [5.74, 6) is -1.13. The van der Waals surface area contributed by atoms with E-state index in [1.54, 1.807) is 17.0 Å². The van der Waals surface area contributed by atoms with Crippen LogP contribution in [-0.4, -0.2) is 60.3 Å². The molecule has 2 fully saturated rings. The molecule has 0 bridgehead atoms. The van der Waals surface area contributed by atoms with Gasteiger partial charge in [0.1, 0.15) is 29.7 Å². The number of ether oxygens (including phenoxy) is 2. The second kappa shape index (κ2) is 13.3. The zero-order valence-electron chi connectivity index (χ0n) is 24.4. The predicted octanol–water partition coefficient (Wildman–Crippen LogP) is 5.50. The van der Waals surface area contributed by atoms with E-state index in [-0.39, 0.29) is 35.8 Å². The SMILES string of the molecule is CC(C)(C)c1ccc(O[C@@H](Cc2ccc(OCCNC3C4CN(C(=O)c5ccc(F)cc5F)C[C@@H]43)cc2)C(=O)O)cc1.Cl. The van der Waals surface area contributed by atoms with E-state index in [0.717, 1.165) is 23.3 Å². The van der Waals surface area contributed by atoms with Crippen LogP contribution in [0.2, 0.25) is 0 Å². The van der Waals surface area contributed by atoms with Crippen LogP contribution in [0.3, 0.4) is 0 Å². The summed E-state index contributed by atoms with van der Waals surface area (Å²) in [5, 5.41) is 13.2. The maximum Gasteiger partial charge on any atom is 0.345 e. The fraction of sp³-hybridized carbons (Fsp3) is 0.394. The number of carbonyl (C=O) groups is 2. The molecule has 4 atom stereocenters. The first kappa shape index (κ1) is 32.2. The number of fused-ring (bicyclic) bond motifs is 1. The van der Waals surface area contributed by atoms with Crippen molar-refractivity contribution in [1.29, 1.82) is 0 Å². The van der Waals surface area contributed by atoms with Crippen molar-refractivity contribution < 1.29 is 33.0 Å². The lowest BCUT2D eigenvalue weighted by atomic mass is 9.87. The number of nitrogens with zero attached hydrogens (tertiary/aromatic N) is 1. The molecule has 1 amide bonds. The van der Waals surface area contributed by atoms with Crippen molar-refractivity contribution in [2.75, 3.05) is 26.2 Å². The number of nitrogens with one attached hydrogen (secondary N) is 1. The number of piperidine rings is 1. The quantitative estimate of drug-likeness (QED) is 0.278. The van der Waals surface area contributed by atoms with Gasteiger partial charge < -0.3 is 24.8 Å². The molecule has 1 aliphatic heterocycles. The molecule has 1 saturated carbocycles. The Morgan fingerprint density at radius 1 is 0.977 bits per heavy atom. The van der Waals surface area contributed by atoms with Gasteiger partial charge in [-0.3, -0.25) is 4.79 Å². The second-order valence-electron chi connectivity index (χ2n) is 12.1. The number of carboxylic acids is 1. The van der Waals surface area contributed by atoms with Gasteiger partial charge in [0.25, 0.3) is 5.91 Å². The second-order valence-corrected chi connectivity index (χ2v) is 12.1. The summed E-state index contributed by atoms with van der Waals surface area (Å²) < 4.78 is 38.7. The zero-order chi connectivity index (χ0) is 30.0. The van der Waals surface area contributed by atoms with Gasteiger partial charge in [0.15, 0.2) is 6.10 Å². The van der Waals surface area contributed by atoms with Gasteiger partial charge in [-0.05, 0) is 64.8 Å². The first-order valence-corrected chi connectivity index (χ1v) is 14.2. The number of carboxylic acid groups (broad SMARTS) is 1. The highest BCUT2D eigenvalue weighted by molar-refractivity contribution is 5.94. The summed E-state index contributed by atoms with van der Waals surface area (Å²) >= 11 is 0. The molecule has 3 aromatic carbocycles. The van der Waals surface area contributed by atoms with E-state index in [0.29, 0.717) is 49.6 Å². The van der Waals surface area contributed by atoms with Gasteiger partial charge in [-0.2, -0.15) is 0 Å². The number of carbonyl (C=O) groups excluding carboxylic acids is 1. The average molecular weight is 615 g/mol. The minimum Gasteiger partial charge on any atom is -0.492 e. The molecule has 3 aromatic rings. The first-order valence-electron chi connectivity index (χ1n) is 14.2. The summed E-state index contributed by atoms with van der Waals surface area (Å²) in [4.78, 5) is 26.1. The smallest absolute Gasteiger partial charge is 0.345 e. The summed E-state index contributed by atoms with van der Waals surface area (Å²) in [6.45, 7) is 8.52. The van der Waals surface area contributed by atoms with Gasteiger partial charge in [0.2, 0.25) is 0 Å². The van der Waals surface area contributed by atoms with Crippen LogP contribution in [0.4, 0.5) is 8.78 Å². The molecule has 7 nitrogen and oxygen atoms in total. The topological polar surface area (TPSA) is 88.1 Å². The maximum atomic E-state index is 14.0. The number of rotatable bonds is 11. The van der Waals surface area contributed by atoms with Crippen molar-refractivity contribution in [1.82, 2.24) is 10.2 Å². The Bertz CT molecular complexity index is 1420. The van der Waals surface area contributed by atoms with Crippen molar-refractivity contribution in [3.8, 4) is 11.5 Å². The Labute approximate surface area is 256 Å². The van der Waals surface area contributed by atoms with Crippen molar-refractivity contribution in [3.05, 3.63) is 95.1 Å². The van der Waals surface area contributed by atoms with Crippen LogP contribution in [0.15, 0.2) is 66.7 Å². The van der Waals surface area contributed by atoms with Crippen molar-refractivity contribution >= 4 is 24.3 Å². The van der Waals surface area contributed by atoms with Gasteiger partial charge in [-0.25, -0.2) is 13.6 Å². The van der Waals surface area contributed by atoms with Gasteiger partial charge in [0.05, 0.1) is 5.56 Å². The molecule has 1 heterocycles. The van der Waals surface area contributed by atoms with E-state index in [2.05, 4.69) is 26.1 Å². The molecule has 2 aliphatic rings. The number of halogens is 3. The Kier molecular flexibility index (Phi) is 9.97. The Balaban J connectivity index is 0.00000423. The monoisotopic (exact) mass is 614 g/mol. The Morgan fingerprint density at radius 3 is 2.19 bits per heavy atom. The molecule has 1 saturated heterocycles. The third-order valence-electron chi connectivity index (χ3n) is 8.01. The van der Waals surface area contributed by atoms with Crippen molar-refractivity contribution in [3.63, 3.8) is 0 Å². The third kappa shape index (κ3) is 7.83. The minimum atomic E-state index is -1.03. The number of likely N-dealkylation sites (tertiary alicyclic amines) is 1. The highest BCUT2D eigenvalue weighted by Crippen LogP contribution is 2.45. The number of benzene rings is 3. The van der Waals surface area contributed by atoms with Crippen LogP contribution in [0.5, 0.6) is 11.5 Å². The summed E-state index contributed by atoms with van der Waals surface area (Å²) in [5.41, 5.74) is 1.87. The van der Waals surface area contributed by atoms with E-state index >= 15 is 0 Å². The van der Waals surface area contributed by atoms with Crippen molar-refractivity contribution in [2.45, 2.75) is 44.8 Å². The van der Waals surface area contributed by atoms with E-state index in [9.17, 15) is 23.5 Å². The van der Waals surface area contributed by atoms with E-state index in [1.807, 2.05) is 36.4 Å². The highest BCUT2D eigenvalue weighted by atomic mass is 35.5. The lowest BCUT2D eigenvalue weighted by molar-refractivity contribution is -0.145. The van der Waals surface area contributed by atoms with Crippen LogP contribution in [0, 0.1) is 23.5 Å². The molecule has 0 radical (unpaired) electrons. The highest BCUT2D eigenvalue weighted by Gasteiger charge is 2.56. The summed E-state index contributed by atoms with van der Waals surface area (Å²) in [7, 11) is 0. The normalized spacial score (nSPS) is 19.7. The maximum absolute atomic E-state index is 14.0. The Morgan fingerprint density at radius 2 is 1.60 bits per heavy atom. The van der Waals surface area contributed by atoms with Crippen LogP contribution in [0.25, 0.3) is 0 Å². The molecule has 0 spiro atoms. The molecular weight excluding hydrogens is 578 g/mol. The third-order valence-corrected chi connectivity index (χ3v) is 8.01. The fourth-order valence-electron chi connectivity index (χ4n) is 5.54. The van der Waals surface area contributed by atoms with Gasteiger partial charge in [0, 0.05) is 38.2 Å². The molecule has 10 heteroatoms. The van der Waals surface area contributed by atoms with Gasteiger partial charge in [-0.1, -0.05) is 45.0 Å². The average Bonchev–Trinajstić information content (AvgIpc) is 3.38. The molecule has 1 aliphatic carbocycles. The summed E-state index contributed by atoms with van der Waals surface area (Å²) in [6.07, 6.45) is -0.795. The molecule has 2 unspecified atom stereocenters. The number of hydrogen-bond donors (Lipinski definition) is 2.